The van der Waals surface area contributed by atoms with E-state index in [4.69, 9.17) is 4.74 Å². The predicted octanol–water partition coefficient (Wildman–Crippen LogP) is 2.34. The molecule has 1 N–H and O–H groups in total. The van der Waals surface area contributed by atoms with Crippen LogP contribution in [0.3, 0.4) is 0 Å². The molecule has 0 bridgehead atoms. The summed E-state index contributed by atoms with van der Waals surface area (Å²) in [7, 11) is 0. The molecule has 1 saturated carbocycles. The lowest BCUT2D eigenvalue weighted by atomic mass is 10.1. The van der Waals surface area contributed by atoms with E-state index < -0.39 is 0 Å². The molecule has 1 aliphatic rings. The van der Waals surface area contributed by atoms with Crippen LogP contribution in [0.4, 0.5) is 0 Å². The first-order valence-electron chi connectivity index (χ1n) is 8.48. The summed E-state index contributed by atoms with van der Waals surface area (Å²) in [4.78, 5) is 12.1. The Bertz CT molecular complexity index is 715. The fourth-order valence-corrected chi connectivity index (χ4v) is 3.08. The van der Waals surface area contributed by atoms with E-state index >= 15 is 0 Å². The van der Waals surface area contributed by atoms with E-state index in [0.717, 1.165) is 24.0 Å². The monoisotopic (exact) mass is 361 g/mol. The normalized spacial score (nSPS) is 14.0. The molecule has 8 heteroatoms. The van der Waals surface area contributed by atoms with Crippen molar-refractivity contribution in [3.05, 3.63) is 35.4 Å². The van der Waals surface area contributed by atoms with Crippen LogP contribution >= 0.6 is 11.8 Å². The van der Waals surface area contributed by atoms with Crippen LogP contribution in [0.2, 0.25) is 0 Å². The minimum absolute atomic E-state index is 0.0285. The molecule has 0 atom stereocenters. The minimum Gasteiger partial charge on any atom is -0.374 e. The topological polar surface area (TPSA) is 81.9 Å². The average Bonchev–Trinajstić information content (AvgIpc) is 3.35. The molecule has 1 aromatic carbocycles. The van der Waals surface area contributed by atoms with Gasteiger partial charge in [0.1, 0.15) is 0 Å². The van der Waals surface area contributed by atoms with Crippen LogP contribution in [-0.2, 0) is 22.7 Å². The third kappa shape index (κ3) is 5.54. The standard InChI is InChI=1S/C17H23N5O2S/c1-12(2)24-10-14-5-3-4-13(8-14)9-18-16(23)11-25-17-19-20-21-22(17)15-6-7-15/h3-5,8,12,15H,6-7,9-11H2,1-2H3,(H,18,23). The first kappa shape index (κ1) is 17.9. The van der Waals surface area contributed by atoms with Crippen LogP contribution in [-0.4, -0.2) is 38.0 Å². The lowest BCUT2D eigenvalue weighted by molar-refractivity contribution is -0.118. The van der Waals surface area contributed by atoms with Gasteiger partial charge >= 0.3 is 0 Å². The zero-order chi connectivity index (χ0) is 17.6. The fraction of sp³-hybridized carbons (Fsp3) is 0.529. The van der Waals surface area contributed by atoms with Crippen molar-refractivity contribution in [2.24, 2.45) is 0 Å². The van der Waals surface area contributed by atoms with E-state index in [9.17, 15) is 4.79 Å². The highest BCUT2D eigenvalue weighted by atomic mass is 32.2. The molecule has 0 spiro atoms. The Balaban J connectivity index is 1.44. The van der Waals surface area contributed by atoms with Crippen molar-refractivity contribution < 1.29 is 9.53 Å². The van der Waals surface area contributed by atoms with Gasteiger partial charge in [0.05, 0.1) is 24.5 Å². The number of nitrogens with one attached hydrogen (secondary N) is 1. The van der Waals surface area contributed by atoms with Crippen molar-refractivity contribution in [2.45, 2.75) is 57.1 Å². The number of thioether (sulfide) groups is 1. The van der Waals surface area contributed by atoms with Crippen LogP contribution in [0.25, 0.3) is 0 Å². The van der Waals surface area contributed by atoms with Gasteiger partial charge in [-0.2, -0.15) is 0 Å². The van der Waals surface area contributed by atoms with Gasteiger partial charge in [-0.15, -0.1) is 5.10 Å². The predicted molar refractivity (Wildman–Crippen MR) is 95.0 cm³/mol. The van der Waals surface area contributed by atoms with Crippen molar-refractivity contribution in [1.82, 2.24) is 25.5 Å². The van der Waals surface area contributed by atoms with Crippen molar-refractivity contribution in [3.63, 3.8) is 0 Å². The number of carbonyl (C=O) groups excluding carboxylic acids is 1. The molecule has 1 aromatic heterocycles. The highest BCUT2D eigenvalue weighted by Crippen LogP contribution is 2.36. The second-order valence-electron chi connectivity index (χ2n) is 6.38. The SMILES string of the molecule is CC(C)OCc1cccc(CNC(=O)CSc2nnnn2C2CC2)c1. The maximum Gasteiger partial charge on any atom is 0.230 e. The summed E-state index contributed by atoms with van der Waals surface area (Å²) in [5, 5.41) is 15.3. The lowest BCUT2D eigenvalue weighted by Gasteiger charge is -2.10. The molecule has 134 valence electrons. The van der Waals surface area contributed by atoms with Crippen LogP contribution in [0.15, 0.2) is 29.4 Å². The Morgan fingerprint density at radius 3 is 2.96 bits per heavy atom. The number of carbonyl (C=O) groups is 1. The number of benzene rings is 1. The van der Waals surface area contributed by atoms with Crippen molar-refractivity contribution in [2.75, 3.05) is 5.75 Å². The molecule has 0 radical (unpaired) electrons. The van der Waals surface area contributed by atoms with Gasteiger partial charge in [-0.25, -0.2) is 4.68 Å². The first-order valence-corrected chi connectivity index (χ1v) is 9.47. The quantitative estimate of drug-likeness (QED) is 0.691. The summed E-state index contributed by atoms with van der Waals surface area (Å²) in [6.45, 7) is 5.12. The second kappa shape index (κ2) is 8.44. The molecule has 1 heterocycles. The lowest BCUT2D eigenvalue weighted by Crippen LogP contribution is -2.24. The second-order valence-corrected chi connectivity index (χ2v) is 7.32. The smallest absolute Gasteiger partial charge is 0.230 e. The molecule has 1 amide bonds. The Kier molecular flexibility index (Phi) is 6.04. The van der Waals surface area contributed by atoms with Gasteiger partial charge in [-0.3, -0.25) is 4.79 Å². The number of rotatable bonds is 9. The molecule has 1 aliphatic carbocycles. The van der Waals surface area contributed by atoms with Crippen molar-refractivity contribution in [3.8, 4) is 0 Å². The van der Waals surface area contributed by atoms with Gasteiger partial charge in [0.25, 0.3) is 0 Å². The molecule has 0 aliphatic heterocycles. The molecular formula is C17H23N5O2S. The third-order valence-electron chi connectivity index (χ3n) is 3.75. The van der Waals surface area contributed by atoms with Gasteiger partial charge in [0.15, 0.2) is 0 Å². The van der Waals surface area contributed by atoms with Crippen LogP contribution in [0.1, 0.15) is 43.9 Å². The zero-order valence-electron chi connectivity index (χ0n) is 14.5. The molecule has 2 aromatic rings. The molecule has 0 unspecified atom stereocenters. The van der Waals surface area contributed by atoms with Gasteiger partial charge in [-0.1, -0.05) is 36.0 Å². The zero-order valence-corrected chi connectivity index (χ0v) is 15.3. The Morgan fingerprint density at radius 2 is 2.20 bits per heavy atom. The Morgan fingerprint density at radius 1 is 1.40 bits per heavy atom. The molecular weight excluding hydrogens is 338 g/mol. The van der Waals surface area contributed by atoms with E-state index in [-0.39, 0.29) is 12.0 Å². The molecule has 1 fully saturated rings. The van der Waals surface area contributed by atoms with Crippen LogP contribution in [0, 0.1) is 0 Å². The van der Waals surface area contributed by atoms with Crippen LogP contribution in [0.5, 0.6) is 0 Å². The summed E-state index contributed by atoms with van der Waals surface area (Å²) >= 11 is 1.37. The number of aromatic nitrogens is 4. The Labute approximate surface area is 151 Å². The number of nitrogens with zero attached hydrogens (tertiary/aromatic N) is 4. The van der Waals surface area contributed by atoms with E-state index in [1.165, 1.54) is 11.8 Å². The van der Waals surface area contributed by atoms with Gasteiger partial charge < -0.3 is 10.1 Å². The van der Waals surface area contributed by atoms with Crippen molar-refractivity contribution in [1.29, 1.82) is 0 Å². The summed E-state index contributed by atoms with van der Waals surface area (Å²) in [5.74, 6) is 0.280. The van der Waals surface area contributed by atoms with Gasteiger partial charge in [0, 0.05) is 6.54 Å². The van der Waals surface area contributed by atoms with E-state index in [1.54, 1.807) is 0 Å². The number of amides is 1. The number of hydrogen-bond acceptors (Lipinski definition) is 6. The van der Waals surface area contributed by atoms with Gasteiger partial charge in [-0.05, 0) is 48.2 Å². The maximum absolute atomic E-state index is 12.1. The summed E-state index contributed by atoms with van der Waals surface area (Å²) in [6.07, 6.45) is 2.43. The first-order chi connectivity index (χ1) is 12.1. The molecule has 25 heavy (non-hydrogen) atoms. The van der Waals surface area contributed by atoms with E-state index in [2.05, 4.69) is 26.9 Å². The summed E-state index contributed by atoms with van der Waals surface area (Å²) in [6, 6.07) is 8.49. The molecule has 3 rings (SSSR count). The molecule has 0 saturated heterocycles. The summed E-state index contributed by atoms with van der Waals surface area (Å²) in [5.41, 5.74) is 2.17. The largest absolute Gasteiger partial charge is 0.374 e. The maximum atomic E-state index is 12.1. The third-order valence-corrected chi connectivity index (χ3v) is 4.69. The summed E-state index contributed by atoms with van der Waals surface area (Å²) < 4.78 is 7.43. The highest BCUT2D eigenvalue weighted by Gasteiger charge is 2.28. The Hall–Kier alpha value is -1.93. The van der Waals surface area contributed by atoms with Crippen LogP contribution < -0.4 is 5.32 Å². The van der Waals surface area contributed by atoms with E-state index in [0.29, 0.717) is 30.1 Å². The van der Waals surface area contributed by atoms with E-state index in [1.807, 2.05) is 36.7 Å². The fourth-order valence-electron chi connectivity index (χ4n) is 2.30. The van der Waals surface area contributed by atoms with Crippen molar-refractivity contribution >= 4 is 17.7 Å². The number of hydrogen-bond donors (Lipinski definition) is 1. The van der Waals surface area contributed by atoms with Gasteiger partial charge in [0.2, 0.25) is 11.1 Å². The highest BCUT2D eigenvalue weighted by molar-refractivity contribution is 7.99. The average molecular weight is 361 g/mol. The molecule has 7 nitrogen and oxygen atoms in total. The minimum atomic E-state index is -0.0285. The number of ether oxygens (including phenoxy) is 1. The number of tetrazole rings is 1.